The number of quaternary nitrogens is 1. The first kappa shape index (κ1) is 17.2. The quantitative estimate of drug-likeness (QED) is 0.824. The second kappa shape index (κ2) is 7.97. The summed E-state index contributed by atoms with van der Waals surface area (Å²) in [5, 5.41) is 7.53. The molecule has 0 saturated carbocycles. The molecule has 1 saturated heterocycles. The molecule has 1 heterocycles. The van der Waals surface area contributed by atoms with Crippen molar-refractivity contribution < 1.29 is 9.29 Å². The number of hydrogen-bond acceptors (Lipinski definition) is 2. The van der Waals surface area contributed by atoms with Crippen molar-refractivity contribution in [3.63, 3.8) is 0 Å². The van der Waals surface area contributed by atoms with Gasteiger partial charge in [0.25, 0.3) is 0 Å². The summed E-state index contributed by atoms with van der Waals surface area (Å²) in [4.78, 5) is 1.47. The monoisotopic (exact) mass is 366 g/mol. The SMILES string of the molecule is Fc1cccc(Cl)c1/C=N\N1CC[NH+](Cc2ccccc2Cl)CC1. The molecule has 0 atom stereocenters. The largest absolute Gasteiger partial charge is 0.328 e. The molecule has 0 aromatic heterocycles. The third kappa shape index (κ3) is 4.26. The van der Waals surface area contributed by atoms with Gasteiger partial charge in [-0.05, 0) is 18.2 Å². The van der Waals surface area contributed by atoms with Gasteiger partial charge in [0.2, 0.25) is 0 Å². The Morgan fingerprint density at radius 3 is 2.46 bits per heavy atom. The van der Waals surface area contributed by atoms with Gasteiger partial charge in [-0.25, -0.2) is 4.39 Å². The van der Waals surface area contributed by atoms with Crippen LogP contribution in [0.4, 0.5) is 4.39 Å². The Morgan fingerprint density at radius 1 is 1.04 bits per heavy atom. The van der Waals surface area contributed by atoms with Crippen LogP contribution in [0.25, 0.3) is 0 Å². The molecular formula is C18H19Cl2FN3+. The summed E-state index contributed by atoms with van der Waals surface area (Å²) in [6, 6.07) is 12.6. The third-order valence-electron chi connectivity index (χ3n) is 4.20. The third-order valence-corrected chi connectivity index (χ3v) is 4.89. The van der Waals surface area contributed by atoms with Gasteiger partial charge in [0.1, 0.15) is 12.4 Å². The summed E-state index contributed by atoms with van der Waals surface area (Å²) in [7, 11) is 0. The molecule has 1 N–H and O–H groups in total. The van der Waals surface area contributed by atoms with Gasteiger partial charge in [-0.2, -0.15) is 5.10 Å². The Balaban J connectivity index is 1.56. The molecule has 0 spiro atoms. The normalized spacial score (nSPS) is 16.0. The van der Waals surface area contributed by atoms with Crippen LogP contribution in [-0.4, -0.2) is 37.4 Å². The summed E-state index contributed by atoms with van der Waals surface area (Å²) in [5.41, 5.74) is 1.51. The van der Waals surface area contributed by atoms with Gasteiger partial charge in [0.15, 0.2) is 0 Å². The maximum Gasteiger partial charge on any atom is 0.133 e. The minimum absolute atomic E-state index is 0.338. The molecule has 1 aliphatic rings. The fourth-order valence-electron chi connectivity index (χ4n) is 2.79. The van der Waals surface area contributed by atoms with E-state index in [0.717, 1.165) is 37.7 Å². The number of halogens is 3. The summed E-state index contributed by atoms with van der Waals surface area (Å²) >= 11 is 12.2. The van der Waals surface area contributed by atoms with Crippen molar-refractivity contribution >= 4 is 29.4 Å². The molecule has 3 rings (SSSR count). The van der Waals surface area contributed by atoms with E-state index >= 15 is 0 Å². The molecule has 0 amide bonds. The van der Waals surface area contributed by atoms with E-state index in [1.807, 2.05) is 23.2 Å². The maximum absolute atomic E-state index is 13.7. The first-order valence-corrected chi connectivity index (χ1v) is 8.69. The number of hydrazone groups is 1. The van der Waals surface area contributed by atoms with E-state index in [4.69, 9.17) is 23.2 Å². The smallest absolute Gasteiger partial charge is 0.133 e. The number of rotatable bonds is 4. The highest BCUT2D eigenvalue weighted by atomic mass is 35.5. The molecule has 0 aliphatic carbocycles. The number of hydrogen-bond donors (Lipinski definition) is 1. The fraction of sp³-hybridized carbons (Fsp3) is 0.278. The second-order valence-corrected chi connectivity index (χ2v) is 6.67. The molecule has 2 aromatic rings. The first-order valence-electron chi connectivity index (χ1n) is 7.93. The van der Waals surface area contributed by atoms with Crippen molar-refractivity contribution in [2.75, 3.05) is 26.2 Å². The highest BCUT2D eigenvalue weighted by molar-refractivity contribution is 6.33. The van der Waals surface area contributed by atoms with Gasteiger partial charge in [-0.3, -0.25) is 5.01 Å². The lowest BCUT2D eigenvalue weighted by Crippen LogP contribution is -3.13. The summed E-state index contributed by atoms with van der Waals surface area (Å²) < 4.78 is 13.7. The lowest BCUT2D eigenvalue weighted by atomic mass is 10.2. The standard InChI is InChI=1S/C18H18Cl2FN3/c19-16-5-2-1-4-14(16)13-23-8-10-24(11-9-23)22-12-15-17(20)6-3-7-18(15)21/h1-7,12H,8-11,13H2/p+1/b22-12-. The second-order valence-electron chi connectivity index (χ2n) is 5.85. The zero-order valence-electron chi connectivity index (χ0n) is 13.2. The zero-order valence-corrected chi connectivity index (χ0v) is 14.7. The Kier molecular flexibility index (Phi) is 5.72. The molecular weight excluding hydrogens is 348 g/mol. The van der Waals surface area contributed by atoms with Gasteiger partial charge >= 0.3 is 0 Å². The van der Waals surface area contributed by atoms with E-state index in [2.05, 4.69) is 11.2 Å². The molecule has 3 nitrogen and oxygen atoms in total. The predicted molar refractivity (Wildman–Crippen MR) is 96.4 cm³/mol. The minimum Gasteiger partial charge on any atom is -0.328 e. The number of piperazine rings is 1. The molecule has 1 fully saturated rings. The average molecular weight is 367 g/mol. The number of benzene rings is 2. The van der Waals surface area contributed by atoms with Crippen molar-refractivity contribution in [3.05, 3.63) is 69.5 Å². The molecule has 2 aromatic carbocycles. The van der Waals surface area contributed by atoms with Crippen LogP contribution < -0.4 is 4.90 Å². The number of nitrogens with zero attached hydrogens (tertiary/aromatic N) is 2. The van der Waals surface area contributed by atoms with E-state index in [-0.39, 0.29) is 5.82 Å². The molecule has 24 heavy (non-hydrogen) atoms. The summed E-state index contributed by atoms with van der Waals surface area (Å²) in [6.07, 6.45) is 1.51. The van der Waals surface area contributed by atoms with Crippen LogP contribution in [-0.2, 0) is 6.54 Å². The Morgan fingerprint density at radius 2 is 1.75 bits per heavy atom. The van der Waals surface area contributed by atoms with Crippen LogP contribution in [0.15, 0.2) is 47.6 Å². The van der Waals surface area contributed by atoms with Crippen LogP contribution in [0.3, 0.4) is 0 Å². The van der Waals surface area contributed by atoms with Crippen LogP contribution >= 0.6 is 23.2 Å². The molecule has 1 aliphatic heterocycles. The highest BCUT2D eigenvalue weighted by Gasteiger charge is 2.19. The van der Waals surface area contributed by atoms with Crippen LogP contribution in [0.1, 0.15) is 11.1 Å². The van der Waals surface area contributed by atoms with E-state index in [9.17, 15) is 4.39 Å². The topological polar surface area (TPSA) is 20.0 Å². The van der Waals surface area contributed by atoms with Gasteiger partial charge < -0.3 is 4.90 Å². The fourth-order valence-corrected chi connectivity index (χ4v) is 3.20. The van der Waals surface area contributed by atoms with Crippen LogP contribution in [0, 0.1) is 5.82 Å². The number of nitrogens with one attached hydrogen (secondary N) is 1. The average Bonchev–Trinajstić information content (AvgIpc) is 2.58. The highest BCUT2D eigenvalue weighted by Crippen LogP contribution is 2.17. The van der Waals surface area contributed by atoms with Crippen molar-refractivity contribution in [2.24, 2.45) is 5.10 Å². The molecule has 0 bridgehead atoms. The van der Waals surface area contributed by atoms with Crippen LogP contribution in [0.5, 0.6) is 0 Å². The van der Waals surface area contributed by atoms with E-state index in [1.54, 1.807) is 12.1 Å². The van der Waals surface area contributed by atoms with E-state index in [1.165, 1.54) is 22.7 Å². The maximum atomic E-state index is 13.7. The van der Waals surface area contributed by atoms with Gasteiger partial charge in [0.05, 0.1) is 37.4 Å². The zero-order chi connectivity index (χ0) is 16.9. The van der Waals surface area contributed by atoms with Crippen molar-refractivity contribution in [1.82, 2.24) is 5.01 Å². The minimum atomic E-state index is -0.353. The van der Waals surface area contributed by atoms with E-state index < -0.39 is 0 Å². The van der Waals surface area contributed by atoms with E-state index in [0.29, 0.717) is 10.6 Å². The van der Waals surface area contributed by atoms with Crippen molar-refractivity contribution in [1.29, 1.82) is 0 Å². The Labute approximate surface area is 151 Å². The molecule has 6 heteroatoms. The van der Waals surface area contributed by atoms with Gasteiger partial charge in [-0.15, -0.1) is 0 Å². The van der Waals surface area contributed by atoms with Crippen molar-refractivity contribution in [3.8, 4) is 0 Å². The summed E-state index contributed by atoms with van der Waals surface area (Å²) in [5.74, 6) is -0.353. The lowest BCUT2D eigenvalue weighted by molar-refractivity contribution is -0.918. The Bertz CT molecular complexity index is 708. The summed E-state index contributed by atoms with van der Waals surface area (Å²) in [6.45, 7) is 4.49. The Hall–Kier alpha value is -1.62. The molecule has 0 radical (unpaired) electrons. The molecule has 0 unspecified atom stereocenters. The first-order chi connectivity index (χ1) is 11.6. The van der Waals surface area contributed by atoms with Gasteiger partial charge in [-0.1, -0.05) is 47.5 Å². The lowest BCUT2D eigenvalue weighted by Gasteiger charge is -2.30. The van der Waals surface area contributed by atoms with Crippen molar-refractivity contribution in [2.45, 2.75) is 6.54 Å². The molecule has 126 valence electrons. The van der Waals surface area contributed by atoms with Crippen LogP contribution in [0.2, 0.25) is 10.0 Å². The van der Waals surface area contributed by atoms with Gasteiger partial charge in [0, 0.05) is 16.1 Å². The predicted octanol–water partition coefficient (Wildman–Crippen LogP) is 2.87.